The van der Waals surface area contributed by atoms with Gasteiger partial charge in [-0.25, -0.2) is 0 Å². The van der Waals surface area contributed by atoms with Crippen molar-refractivity contribution >= 4 is 28.8 Å². The lowest BCUT2D eigenvalue weighted by molar-refractivity contribution is -0.122. The van der Waals surface area contributed by atoms with Crippen molar-refractivity contribution in [3.8, 4) is 0 Å². The molecule has 0 aromatic rings. The first-order valence-electron chi connectivity index (χ1n) is 5.92. The predicted molar refractivity (Wildman–Crippen MR) is 74.5 cm³/mol. The molecule has 94 valence electrons. The fraction of sp³-hybridized carbons (Fsp3) is 0.909. The molecule has 4 nitrogen and oxygen atoms in total. The number of hydrogen-bond donors (Lipinski definition) is 2. The van der Waals surface area contributed by atoms with Gasteiger partial charge in [0.25, 0.3) is 0 Å². The molecule has 1 amide bonds. The molecule has 1 fully saturated rings. The molecule has 0 spiro atoms. The molecule has 0 saturated heterocycles. The molecule has 0 aromatic carbocycles. The van der Waals surface area contributed by atoms with Crippen LogP contribution in [0.2, 0.25) is 0 Å². The second-order valence-corrected chi connectivity index (χ2v) is 5.40. The lowest BCUT2D eigenvalue weighted by Gasteiger charge is -2.28. The van der Waals surface area contributed by atoms with Crippen molar-refractivity contribution in [2.24, 2.45) is 0 Å². The highest BCUT2D eigenvalue weighted by atomic mass is 127. The van der Waals surface area contributed by atoms with Gasteiger partial charge in [0.2, 0.25) is 5.91 Å². The van der Waals surface area contributed by atoms with E-state index in [1.807, 2.05) is 19.0 Å². The topological polar surface area (TPSA) is 44.4 Å². The Balaban J connectivity index is 2.15. The Morgan fingerprint density at radius 1 is 1.25 bits per heavy atom. The van der Waals surface area contributed by atoms with Gasteiger partial charge in [-0.2, -0.15) is 0 Å². The van der Waals surface area contributed by atoms with Gasteiger partial charge < -0.3 is 10.2 Å². The Labute approximate surface area is 112 Å². The number of nitrogens with zero attached hydrogens (tertiary/aromatic N) is 1. The van der Waals surface area contributed by atoms with Crippen molar-refractivity contribution < 1.29 is 4.79 Å². The van der Waals surface area contributed by atoms with Crippen molar-refractivity contribution in [3.63, 3.8) is 0 Å². The summed E-state index contributed by atoms with van der Waals surface area (Å²) in [5.41, 5.74) is 0. The molecule has 0 aromatic heterocycles. The van der Waals surface area contributed by atoms with Crippen molar-refractivity contribution in [2.75, 3.05) is 20.6 Å². The lowest BCUT2D eigenvalue weighted by Crippen LogP contribution is -2.41. The van der Waals surface area contributed by atoms with Crippen LogP contribution in [0.15, 0.2) is 0 Å². The summed E-state index contributed by atoms with van der Waals surface area (Å²) in [6.07, 6.45) is 5.16. The van der Waals surface area contributed by atoms with E-state index in [-0.39, 0.29) is 5.91 Å². The van der Waals surface area contributed by atoms with Crippen LogP contribution in [-0.2, 0) is 4.79 Å². The number of carbonyl (C=O) groups excluding carboxylic acids is 1. The number of nitrogens with one attached hydrogen (secondary N) is 2. The summed E-state index contributed by atoms with van der Waals surface area (Å²) < 4.78 is 3.27. The van der Waals surface area contributed by atoms with Gasteiger partial charge in [-0.15, -0.1) is 0 Å². The summed E-state index contributed by atoms with van der Waals surface area (Å²) >= 11 is 2.22. The molecule has 2 N–H and O–H groups in total. The van der Waals surface area contributed by atoms with Gasteiger partial charge in [-0.3, -0.25) is 8.32 Å². The molecule has 0 heterocycles. The Bertz CT molecular complexity index is 215. The molecule has 0 bridgehead atoms. The van der Waals surface area contributed by atoms with Crippen LogP contribution in [0, 0.1) is 0 Å². The van der Waals surface area contributed by atoms with Crippen LogP contribution in [0.5, 0.6) is 0 Å². The summed E-state index contributed by atoms with van der Waals surface area (Å²) in [7, 11) is 3.98. The van der Waals surface area contributed by atoms with E-state index in [9.17, 15) is 4.79 Å². The van der Waals surface area contributed by atoms with E-state index < -0.39 is 0 Å². The Hall–Kier alpha value is 0.120. The summed E-state index contributed by atoms with van der Waals surface area (Å²) in [6.45, 7) is 0.830. The highest BCUT2D eigenvalue weighted by Crippen LogP contribution is 2.19. The van der Waals surface area contributed by atoms with Crippen molar-refractivity contribution in [2.45, 2.75) is 44.2 Å². The molecule has 1 aliphatic carbocycles. The van der Waals surface area contributed by atoms with Gasteiger partial charge in [0.05, 0.1) is 0 Å². The first-order valence-corrected chi connectivity index (χ1v) is 7.00. The molecule has 0 unspecified atom stereocenters. The highest BCUT2D eigenvalue weighted by molar-refractivity contribution is 14.1. The van der Waals surface area contributed by atoms with Crippen LogP contribution in [-0.4, -0.2) is 43.5 Å². The third-order valence-corrected chi connectivity index (χ3v) is 3.91. The van der Waals surface area contributed by atoms with Gasteiger partial charge in [0.1, 0.15) is 0 Å². The SMILES string of the molecule is CN(C)CCC(=O)NC1CCC(NI)CC1. The van der Waals surface area contributed by atoms with Gasteiger partial charge >= 0.3 is 0 Å². The third-order valence-electron chi connectivity index (χ3n) is 3.03. The largest absolute Gasteiger partial charge is 0.353 e. The van der Waals surface area contributed by atoms with E-state index in [2.05, 4.69) is 31.7 Å². The van der Waals surface area contributed by atoms with Crippen LogP contribution >= 0.6 is 22.9 Å². The lowest BCUT2D eigenvalue weighted by atomic mass is 9.92. The van der Waals surface area contributed by atoms with Crippen molar-refractivity contribution in [1.29, 1.82) is 0 Å². The zero-order chi connectivity index (χ0) is 12.0. The average molecular weight is 339 g/mol. The van der Waals surface area contributed by atoms with E-state index in [0.29, 0.717) is 18.5 Å². The number of rotatable bonds is 5. The molecule has 1 saturated carbocycles. The van der Waals surface area contributed by atoms with E-state index in [1.165, 1.54) is 12.8 Å². The molecule has 5 heteroatoms. The maximum Gasteiger partial charge on any atom is 0.221 e. The summed E-state index contributed by atoms with van der Waals surface area (Å²) in [5.74, 6) is 0.194. The number of hydrogen-bond acceptors (Lipinski definition) is 3. The third kappa shape index (κ3) is 5.45. The highest BCUT2D eigenvalue weighted by Gasteiger charge is 2.21. The fourth-order valence-electron chi connectivity index (χ4n) is 1.97. The van der Waals surface area contributed by atoms with Crippen LogP contribution in [0.1, 0.15) is 32.1 Å². The molecule has 0 atom stereocenters. The van der Waals surface area contributed by atoms with Gasteiger partial charge in [-0.1, -0.05) is 0 Å². The molecule has 0 aliphatic heterocycles. The zero-order valence-electron chi connectivity index (χ0n) is 10.1. The summed E-state index contributed by atoms with van der Waals surface area (Å²) in [6, 6.07) is 1.03. The molecule has 1 rings (SSSR count). The minimum absolute atomic E-state index is 0.194. The van der Waals surface area contributed by atoms with Crippen LogP contribution < -0.4 is 8.85 Å². The van der Waals surface area contributed by atoms with Crippen molar-refractivity contribution in [3.05, 3.63) is 0 Å². The van der Waals surface area contributed by atoms with Gasteiger partial charge in [0, 0.05) is 47.9 Å². The van der Waals surface area contributed by atoms with Crippen LogP contribution in [0.25, 0.3) is 0 Å². The molecular weight excluding hydrogens is 317 g/mol. The van der Waals surface area contributed by atoms with E-state index >= 15 is 0 Å². The summed E-state index contributed by atoms with van der Waals surface area (Å²) in [4.78, 5) is 13.7. The average Bonchev–Trinajstić information content (AvgIpc) is 2.27. The van der Waals surface area contributed by atoms with Crippen molar-refractivity contribution in [1.82, 2.24) is 13.7 Å². The number of halogens is 1. The van der Waals surface area contributed by atoms with E-state index in [0.717, 1.165) is 19.4 Å². The molecular formula is C11H22IN3O. The minimum Gasteiger partial charge on any atom is -0.353 e. The number of amides is 1. The predicted octanol–water partition coefficient (Wildman–Crippen LogP) is 1.31. The van der Waals surface area contributed by atoms with Crippen LogP contribution in [0.4, 0.5) is 0 Å². The fourth-order valence-corrected chi connectivity index (χ4v) is 2.59. The van der Waals surface area contributed by atoms with E-state index in [4.69, 9.17) is 0 Å². The maximum atomic E-state index is 11.6. The molecule has 16 heavy (non-hydrogen) atoms. The smallest absolute Gasteiger partial charge is 0.221 e. The van der Waals surface area contributed by atoms with Gasteiger partial charge in [-0.05, 0) is 39.8 Å². The first kappa shape index (κ1) is 14.2. The molecule has 1 aliphatic rings. The minimum atomic E-state index is 0.194. The normalized spacial score (nSPS) is 25.8. The molecule has 0 radical (unpaired) electrons. The Kier molecular flexibility index (Phi) is 6.60. The second kappa shape index (κ2) is 7.45. The van der Waals surface area contributed by atoms with E-state index in [1.54, 1.807) is 0 Å². The zero-order valence-corrected chi connectivity index (χ0v) is 12.3. The van der Waals surface area contributed by atoms with Gasteiger partial charge in [0.15, 0.2) is 0 Å². The monoisotopic (exact) mass is 339 g/mol. The standard InChI is InChI=1S/C11H22IN3O/c1-15(2)8-7-11(16)13-9-3-5-10(14-12)6-4-9/h9-10,14H,3-8H2,1-2H3,(H,13,16). The second-order valence-electron chi connectivity index (χ2n) is 4.78. The Morgan fingerprint density at radius 3 is 2.31 bits per heavy atom. The quantitative estimate of drug-likeness (QED) is 0.586. The Morgan fingerprint density at radius 2 is 1.81 bits per heavy atom. The van der Waals surface area contributed by atoms with Crippen LogP contribution in [0.3, 0.4) is 0 Å². The summed E-state index contributed by atoms with van der Waals surface area (Å²) in [5, 5.41) is 3.12. The first-order chi connectivity index (χ1) is 7.61. The maximum absolute atomic E-state index is 11.6. The number of carbonyl (C=O) groups is 1.